The molecule has 2 aromatic rings. The molecule has 3 rings (SSSR count). The molecule has 0 bridgehead atoms. The van der Waals surface area contributed by atoms with Gasteiger partial charge >= 0.3 is 0 Å². The third-order valence-electron chi connectivity index (χ3n) is 3.56. The molecule has 0 spiro atoms. The number of aromatic nitrogens is 4. The maximum absolute atomic E-state index is 8.92. The number of likely N-dealkylation sites (N-methyl/N-ethyl adjacent to an activating group) is 1. The summed E-state index contributed by atoms with van der Waals surface area (Å²) >= 11 is 0. The second kappa shape index (κ2) is 4.58. The number of hydrogen-bond donors (Lipinski definition) is 1. The van der Waals surface area contributed by atoms with Crippen LogP contribution >= 0.6 is 0 Å². The Morgan fingerprint density at radius 2 is 2.20 bits per heavy atom. The smallest absolute Gasteiger partial charge is 0.252 e. The van der Waals surface area contributed by atoms with E-state index in [0.29, 0.717) is 11.5 Å². The van der Waals surface area contributed by atoms with Gasteiger partial charge < -0.3 is 10.6 Å². The SMILES string of the molecule is Cc1nc(-n2ncc(C#N)c2N)nc2c1CN(C)CC2. The van der Waals surface area contributed by atoms with E-state index in [9.17, 15) is 0 Å². The van der Waals surface area contributed by atoms with Gasteiger partial charge in [-0.3, -0.25) is 0 Å². The minimum Gasteiger partial charge on any atom is -0.382 e. The lowest BCUT2D eigenvalue weighted by Gasteiger charge is -2.25. The van der Waals surface area contributed by atoms with Crippen LogP contribution in [0, 0.1) is 18.3 Å². The maximum atomic E-state index is 8.92. The van der Waals surface area contributed by atoms with Crippen LogP contribution in [-0.2, 0) is 13.0 Å². The molecule has 0 fully saturated rings. The highest BCUT2D eigenvalue weighted by Gasteiger charge is 2.20. The fourth-order valence-electron chi connectivity index (χ4n) is 2.40. The van der Waals surface area contributed by atoms with Gasteiger partial charge in [-0.15, -0.1) is 0 Å². The van der Waals surface area contributed by atoms with Crippen molar-refractivity contribution in [1.82, 2.24) is 24.6 Å². The summed E-state index contributed by atoms with van der Waals surface area (Å²) in [7, 11) is 2.08. The predicted molar refractivity (Wildman–Crippen MR) is 73.1 cm³/mol. The van der Waals surface area contributed by atoms with E-state index in [0.717, 1.165) is 30.9 Å². The van der Waals surface area contributed by atoms with Crippen molar-refractivity contribution in [3.05, 3.63) is 28.7 Å². The average molecular weight is 269 g/mol. The van der Waals surface area contributed by atoms with Gasteiger partial charge in [-0.2, -0.15) is 15.0 Å². The van der Waals surface area contributed by atoms with E-state index in [1.165, 1.54) is 16.4 Å². The largest absolute Gasteiger partial charge is 0.382 e. The number of fused-ring (bicyclic) bond motifs is 1. The highest BCUT2D eigenvalue weighted by Crippen LogP contribution is 2.21. The van der Waals surface area contributed by atoms with E-state index in [1.54, 1.807) is 0 Å². The van der Waals surface area contributed by atoms with Crippen molar-refractivity contribution in [3.8, 4) is 12.0 Å². The van der Waals surface area contributed by atoms with E-state index < -0.39 is 0 Å². The first kappa shape index (κ1) is 12.6. The number of rotatable bonds is 1. The van der Waals surface area contributed by atoms with Gasteiger partial charge in [0.2, 0.25) is 0 Å². The molecule has 0 aromatic carbocycles. The van der Waals surface area contributed by atoms with Gasteiger partial charge in [0.1, 0.15) is 17.5 Å². The first-order valence-corrected chi connectivity index (χ1v) is 6.39. The molecule has 20 heavy (non-hydrogen) atoms. The molecule has 7 heteroatoms. The van der Waals surface area contributed by atoms with E-state index >= 15 is 0 Å². The Bertz CT molecular complexity index is 710. The van der Waals surface area contributed by atoms with Crippen LogP contribution in [-0.4, -0.2) is 38.2 Å². The van der Waals surface area contributed by atoms with Gasteiger partial charge in [0.25, 0.3) is 5.95 Å². The Morgan fingerprint density at radius 3 is 2.90 bits per heavy atom. The first-order chi connectivity index (χ1) is 9.60. The topological polar surface area (TPSA) is 96.6 Å². The number of hydrogen-bond acceptors (Lipinski definition) is 6. The van der Waals surface area contributed by atoms with Crippen LogP contribution in [0.25, 0.3) is 5.95 Å². The van der Waals surface area contributed by atoms with E-state index in [-0.39, 0.29) is 5.82 Å². The van der Waals surface area contributed by atoms with Crippen molar-refractivity contribution in [2.75, 3.05) is 19.3 Å². The normalized spacial score (nSPS) is 14.8. The standard InChI is InChI=1S/C13H15N7/c1-8-10-7-19(2)4-3-11(10)18-13(17-8)20-12(15)9(5-14)6-16-20/h6H,3-4,7,15H2,1-2H3. The van der Waals surface area contributed by atoms with Crippen molar-refractivity contribution in [1.29, 1.82) is 5.26 Å². The lowest BCUT2D eigenvalue weighted by Crippen LogP contribution is -2.29. The zero-order valence-corrected chi connectivity index (χ0v) is 11.5. The summed E-state index contributed by atoms with van der Waals surface area (Å²) in [4.78, 5) is 11.3. The summed E-state index contributed by atoms with van der Waals surface area (Å²) in [6, 6.07) is 2.00. The maximum Gasteiger partial charge on any atom is 0.252 e. The molecular formula is C13H15N7. The first-order valence-electron chi connectivity index (χ1n) is 6.39. The Hall–Kier alpha value is -2.46. The number of anilines is 1. The predicted octanol–water partition coefficient (Wildman–Crippen LogP) is 0.412. The molecule has 0 amide bonds. The number of nitriles is 1. The summed E-state index contributed by atoms with van der Waals surface area (Å²) in [5.41, 5.74) is 9.37. The Kier molecular flexibility index (Phi) is 2.88. The quantitative estimate of drug-likeness (QED) is 0.805. The van der Waals surface area contributed by atoms with Crippen LogP contribution in [0.4, 0.5) is 5.82 Å². The zero-order valence-electron chi connectivity index (χ0n) is 11.5. The summed E-state index contributed by atoms with van der Waals surface area (Å²) in [5.74, 6) is 0.713. The third kappa shape index (κ3) is 1.90. The van der Waals surface area contributed by atoms with Crippen LogP contribution < -0.4 is 5.73 Å². The average Bonchev–Trinajstić information content (AvgIpc) is 2.80. The Labute approximate surface area is 116 Å². The second-order valence-electron chi connectivity index (χ2n) is 4.99. The summed E-state index contributed by atoms with van der Waals surface area (Å²) in [6.07, 6.45) is 2.32. The molecule has 1 aliphatic rings. The van der Waals surface area contributed by atoms with Crippen LogP contribution in [0.5, 0.6) is 0 Å². The molecule has 0 unspecified atom stereocenters. The van der Waals surface area contributed by atoms with E-state index in [4.69, 9.17) is 11.0 Å². The van der Waals surface area contributed by atoms with Crippen LogP contribution in [0.1, 0.15) is 22.5 Å². The second-order valence-corrected chi connectivity index (χ2v) is 4.99. The molecule has 0 saturated heterocycles. The highest BCUT2D eigenvalue weighted by molar-refractivity contribution is 5.50. The van der Waals surface area contributed by atoms with Gasteiger partial charge in [0.15, 0.2) is 0 Å². The number of nitrogens with two attached hydrogens (primary N) is 1. The Balaban J connectivity index is 2.10. The lowest BCUT2D eigenvalue weighted by molar-refractivity contribution is 0.307. The van der Waals surface area contributed by atoms with Gasteiger partial charge in [-0.05, 0) is 14.0 Å². The fraction of sp³-hybridized carbons (Fsp3) is 0.385. The molecule has 0 radical (unpaired) electrons. The summed E-state index contributed by atoms with van der Waals surface area (Å²) in [6.45, 7) is 3.80. The molecule has 0 atom stereocenters. The molecule has 2 aromatic heterocycles. The molecule has 2 N–H and O–H groups in total. The highest BCUT2D eigenvalue weighted by atomic mass is 15.4. The van der Waals surface area contributed by atoms with Crippen molar-refractivity contribution >= 4 is 5.82 Å². The van der Waals surface area contributed by atoms with Crippen molar-refractivity contribution < 1.29 is 0 Å². The van der Waals surface area contributed by atoms with Crippen LogP contribution in [0.3, 0.4) is 0 Å². The minimum absolute atomic E-state index is 0.278. The summed E-state index contributed by atoms with van der Waals surface area (Å²) in [5, 5.41) is 13.0. The van der Waals surface area contributed by atoms with Gasteiger partial charge in [0, 0.05) is 30.8 Å². The van der Waals surface area contributed by atoms with Gasteiger partial charge in [0.05, 0.1) is 11.9 Å². The Morgan fingerprint density at radius 1 is 1.40 bits per heavy atom. The van der Waals surface area contributed by atoms with Gasteiger partial charge in [-0.25, -0.2) is 9.97 Å². The van der Waals surface area contributed by atoms with Crippen molar-refractivity contribution in [2.24, 2.45) is 0 Å². The molecule has 3 heterocycles. The van der Waals surface area contributed by atoms with Gasteiger partial charge in [-0.1, -0.05) is 0 Å². The molecule has 0 saturated carbocycles. The molecule has 102 valence electrons. The number of nitrogen functional groups attached to an aromatic ring is 1. The minimum atomic E-state index is 0.278. The zero-order chi connectivity index (χ0) is 14.3. The molecule has 1 aliphatic heterocycles. The van der Waals surface area contributed by atoms with E-state index in [2.05, 4.69) is 27.0 Å². The van der Waals surface area contributed by atoms with Crippen LogP contribution in [0.15, 0.2) is 6.20 Å². The van der Waals surface area contributed by atoms with E-state index in [1.807, 2.05) is 13.0 Å². The molecular weight excluding hydrogens is 254 g/mol. The fourth-order valence-corrected chi connectivity index (χ4v) is 2.40. The number of aryl methyl sites for hydroxylation is 1. The van der Waals surface area contributed by atoms with Crippen LogP contribution in [0.2, 0.25) is 0 Å². The van der Waals surface area contributed by atoms with Crippen molar-refractivity contribution in [2.45, 2.75) is 19.9 Å². The van der Waals surface area contributed by atoms with Crippen molar-refractivity contribution in [3.63, 3.8) is 0 Å². The molecule has 0 aliphatic carbocycles. The third-order valence-corrected chi connectivity index (χ3v) is 3.56. The number of nitrogens with zero attached hydrogens (tertiary/aromatic N) is 6. The molecule has 7 nitrogen and oxygen atoms in total. The summed E-state index contributed by atoms with van der Waals surface area (Å²) < 4.78 is 1.42. The monoisotopic (exact) mass is 269 g/mol. The lowest BCUT2D eigenvalue weighted by atomic mass is 10.1.